The Kier molecular flexibility index (Phi) is 6.76. The molecule has 1 N–H and O–H groups in total. The molecule has 2 amide bonds. The molecule has 34 heavy (non-hydrogen) atoms. The lowest BCUT2D eigenvalue weighted by Gasteiger charge is -2.36. The molecule has 4 rings (SSSR count). The Hall–Kier alpha value is -3.95. The van der Waals surface area contributed by atoms with Crippen molar-refractivity contribution in [2.24, 2.45) is 0 Å². The fourth-order valence-electron chi connectivity index (χ4n) is 4.28. The van der Waals surface area contributed by atoms with Crippen LogP contribution in [0.1, 0.15) is 11.4 Å². The quantitative estimate of drug-likeness (QED) is 0.596. The molecule has 0 saturated carbocycles. The van der Waals surface area contributed by atoms with Gasteiger partial charge in [-0.1, -0.05) is 6.07 Å². The molecule has 0 bridgehead atoms. The Morgan fingerprint density at radius 3 is 2.21 bits per heavy atom. The topological polar surface area (TPSA) is 94.0 Å². The van der Waals surface area contributed by atoms with Crippen LogP contribution in [0.2, 0.25) is 0 Å². The molecule has 10 heteroatoms. The maximum Gasteiger partial charge on any atom is 0.321 e. The first-order valence-electron chi connectivity index (χ1n) is 11.0. The van der Waals surface area contributed by atoms with E-state index in [-0.39, 0.29) is 6.03 Å². The van der Waals surface area contributed by atoms with E-state index in [0.29, 0.717) is 49.1 Å². The van der Waals surface area contributed by atoms with Gasteiger partial charge in [0.1, 0.15) is 0 Å². The first-order chi connectivity index (χ1) is 16.5. The molecule has 1 saturated heterocycles. The smallest absolute Gasteiger partial charge is 0.321 e. The summed E-state index contributed by atoms with van der Waals surface area (Å²) in [5, 5.41) is 7.64. The number of aromatic nitrogens is 3. The average Bonchev–Trinajstić information content (AvgIpc) is 3.17. The van der Waals surface area contributed by atoms with Crippen LogP contribution in [-0.2, 0) is 0 Å². The molecule has 3 aromatic rings. The van der Waals surface area contributed by atoms with Gasteiger partial charge in [0.25, 0.3) is 0 Å². The van der Waals surface area contributed by atoms with Crippen molar-refractivity contribution in [1.29, 1.82) is 0 Å². The van der Waals surface area contributed by atoms with Crippen molar-refractivity contribution in [2.45, 2.75) is 13.8 Å². The summed E-state index contributed by atoms with van der Waals surface area (Å²) in [6.07, 6.45) is 1.76. The summed E-state index contributed by atoms with van der Waals surface area (Å²) < 4.78 is 18.0. The Morgan fingerprint density at radius 2 is 1.65 bits per heavy atom. The number of amides is 2. The van der Waals surface area contributed by atoms with E-state index in [0.717, 1.165) is 22.9 Å². The highest BCUT2D eigenvalue weighted by atomic mass is 16.5. The Labute approximate surface area is 199 Å². The van der Waals surface area contributed by atoms with E-state index in [9.17, 15) is 4.79 Å². The molecule has 10 nitrogen and oxygen atoms in total. The van der Waals surface area contributed by atoms with Gasteiger partial charge in [0.2, 0.25) is 5.75 Å². The summed E-state index contributed by atoms with van der Waals surface area (Å²) >= 11 is 0. The molecule has 180 valence electrons. The number of urea groups is 1. The zero-order valence-corrected chi connectivity index (χ0v) is 20.2. The van der Waals surface area contributed by atoms with Crippen molar-refractivity contribution in [3.05, 3.63) is 47.9 Å². The second-order valence-electron chi connectivity index (χ2n) is 7.94. The molecule has 1 fully saturated rings. The number of hydrogen-bond donors (Lipinski definition) is 1. The van der Waals surface area contributed by atoms with Crippen LogP contribution in [0.3, 0.4) is 0 Å². The molecule has 0 atom stereocenters. The molecule has 3 heterocycles. The number of carbonyl (C=O) groups is 1. The third kappa shape index (κ3) is 4.43. The second kappa shape index (κ2) is 9.90. The lowest BCUT2D eigenvalue weighted by atomic mass is 10.2. The van der Waals surface area contributed by atoms with Crippen molar-refractivity contribution in [3.63, 3.8) is 0 Å². The summed E-state index contributed by atoms with van der Waals surface area (Å²) in [5.74, 6) is 2.24. The predicted molar refractivity (Wildman–Crippen MR) is 130 cm³/mol. The van der Waals surface area contributed by atoms with Crippen molar-refractivity contribution >= 4 is 17.4 Å². The van der Waals surface area contributed by atoms with Crippen molar-refractivity contribution < 1.29 is 19.0 Å². The Balaban J connectivity index is 1.44. The summed E-state index contributed by atoms with van der Waals surface area (Å²) in [5.41, 5.74) is 3.64. The lowest BCUT2D eigenvalue weighted by molar-refractivity contribution is 0.208. The lowest BCUT2D eigenvalue weighted by Crippen LogP contribution is -2.50. The van der Waals surface area contributed by atoms with Gasteiger partial charge in [-0.3, -0.25) is 0 Å². The molecular weight excluding hydrogens is 436 g/mol. The van der Waals surface area contributed by atoms with Crippen LogP contribution in [0.4, 0.5) is 16.2 Å². The number of nitrogens with one attached hydrogen (secondary N) is 1. The van der Waals surface area contributed by atoms with Gasteiger partial charge in [0, 0.05) is 44.5 Å². The van der Waals surface area contributed by atoms with Crippen molar-refractivity contribution in [3.8, 4) is 23.1 Å². The van der Waals surface area contributed by atoms with Gasteiger partial charge < -0.3 is 29.3 Å². The molecule has 0 spiro atoms. The fourth-order valence-corrected chi connectivity index (χ4v) is 4.28. The van der Waals surface area contributed by atoms with Gasteiger partial charge in [-0.15, -0.1) is 0 Å². The van der Waals surface area contributed by atoms with Crippen LogP contribution in [-0.4, -0.2) is 73.2 Å². The van der Waals surface area contributed by atoms with Crippen LogP contribution in [0.5, 0.6) is 17.2 Å². The maximum atomic E-state index is 12.9. The number of rotatable bonds is 6. The van der Waals surface area contributed by atoms with E-state index >= 15 is 0 Å². The minimum absolute atomic E-state index is 0.174. The van der Waals surface area contributed by atoms with E-state index in [1.807, 2.05) is 36.7 Å². The van der Waals surface area contributed by atoms with Crippen LogP contribution in [0, 0.1) is 13.8 Å². The number of aryl methyl sites for hydroxylation is 1. The van der Waals surface area contributed by atoms with Gasteiger partial charge in [0.15, 0.2) is 17.3 Å². The Bertz CT molecular complexity index is 1130. The summed E-state index contributed by atoms with van der Waals surface area (Å²) in [4.78, 5) is 21.4. The number of carbonyl (C=O) groups excluding carboxylic acids is 1. The van der Waals surface area contributed by atoms with Crippen molar-refractivity contribution in [1.82, 2.24) is 19.7 Å². The predicted octanol–water partition coefficient (Wildman–Crippen LogP) is 3.26. The molecule has 2 aromatic heterocycles. The summed E-state index contributed by atoms with van der Waals surface area (Å²) in [6.45, 7) is 6.64. The summed E-state index contributed by atoms with van der Waals surface area (Å²) in [6, 6.07) is 9.03. The number of pyridine rings is 1. The van der Waals surface area contributed by atoms with Gasteiger partial charge in [-0.2, -0.15) is 5.10 Å². The molecule has 0 aliphatic carbocycles. The highest BCUT2D eigenvalue weighted by Gasteiger charge is 2.26. The van der Waals surface area contributed by atoms with Gasteiger partial charge in [0.05, 0.1) is 44.1 Å². The second-order valence-corrected chi connectivity index (χ2v) is 7.94. The number of piperazine rings is 1. The zero-order valence-electron chi connectivity index (χ0n) is 20.2. The summed E-state index contributed by atoms with van der Waals surface area (Å²) in [7, 11) is 4.63. The Morgan fingerprint density at radius 1 is 0.971 bits per heavy atom. The molecular formula is C24H30N6O4. The van der Waals surface area contributed by atoms with E-state index < -0.39 is 0 Å². The molecule has 1 aliphatic rings. The number of benzene rings is 1. The van der Waals surface area contributed by atoms with Crippen molar-refractivity contribution in [2.75, 3.05) is 57.7 Å². The highest BCUT2D eigenvalue weighted by Crippen LogP contribution is 2.40. The van der Waals surface area contributed by atoms with Gasteiger partial charge in [-0.25, -0.2) is 14.5 Å². The van der Waals surface area contributed by atoms with E-state index in [1.165, 1.54) is 0 Å². The highest BCUT2D eigenvalue weighted by molar-refractivity contribution is 5.90. The van der Waals surface area contributed by atoms with E-state index in [1.54, 1.807) is 44.6 Å². The standard InChI is InChI=1S/C24H30N6O4/c1-16-22(17(2)30(27-16)21-8-6-7-9-25-21)28-10-12-29(13-11-28)24(31)26-18-14-19(32-3)23(34-5)20(15-18)33-4/h6-9,14-15H,10-13H2,1-5H3,(H,26,31). The molecule has 1 aliphatic heterocycles. The normalized spacial score (nSPS) is 13.6. The first kappa shape index (κ1) is 23.2. The number of hydrogen-bond acceptors (Lipinski definition) is 7. The van der Waals surface area contributed by atoms with Crippen LogP contribution >= 0.6 is 0 Å². The third-order valence-corrected chi connectivity index (χ3v) is 5.92. The largest absolute Gasteiger partial charge is 0.493 e. The monoisotopic (exact) mass is 466 g/mol. The fraction of sp³-hybridized carbons (Fsp3) is 0.375. The van der Waals surface area contributed by atoms with Gasteiger partial charge >= 0.3 is 6.03 Å². The minimum atomic E-state index is -0.174. The van der Waals surface area contributed by atoms with E-state index in [4.69, 9.17) is 19.3 Å². The molecule has 0 radical (unpaired) electrons. The molecule has 0 unspecified atom stereocenters. The third-order valence-electron chi connectivity index (χ3n) is 5.92. The maximum absolute atomic E-state index is 12.9. The average molecular weight is 467 g/mol. The zero-order chi connectivity index (χ0) is 24.2. The SMILES string of the molecule is COc1cc(NC(=O)N2CCN(c3c(C)nn(-c4ccccn4)c3C)CC2)cc(OC)c1OC. The number of methoxy groups -OCH3 is 3. The van der Waals surface area contributed by atoms with Gasteiger partial charge in [-0.05, 0) is 26.0 Å². The van der Waals surface area contributed by atoms with Crippen LogP contribution in [0.15, 0.2) is 36.5 Å². The van der Waals surface area contributed by atoms with Crippen LogP contribution < -0.4 is 24.4 Å². The van der Waals surface area contributed by atoms with E-state index in [2.05, 4.69) is 15.2 Å². The first-order valence-corrected chi connectivity index (χ1v) is 11.0. The number of anilines is 2. The molecule has 1 aromatic carbocycles. The number of ether oxygens (including phenoxy) is 3. The number of nitrogens with zero attached hydrogens (tertiary/aromatic N) is 5. The minimum Gasteiger partial charge on any atom is -0.493 e. The van der Waals surface area contributed by atoms with Crippen LogP contribution in [0.25, 0.3) is 5.82 Å².